The summed E-state index contributed by atoms with van der Waals surface area (Å²) in [5.74, 6) is 0.0537. The summed E-state index contributed by atoms with van der Waals surface area (Å²) in [5, 5.41) is 21.1. The Labute approximate surface area is 169 Å². The molecule has 0 radical (unpaired) electrons. The minimum Gasteiger partial charge on any atom is -0.457 e. The molecule has 0 aliphatic rings. The van der Waals surface area contributed by atoms with E-state index in [0.717, 1.165) is 6.07 Å². The molecular weight excluding hydrogens is 403 g/mol. The second-order valence-electron chi connectivity index (χ2n) is 5.63. The van der Waals surface area contributed by atoms with E-state index in [1.54, 1.807) is 36.4 Å². The minimum absolute atomic E-state index is 0.0366. The van der Waals surface area contributed by atoms with Crippen LogP contribution in [0.2, 0.25) is 10.0 Å². The van der Waals surface area contributed by atoms with Crippen LogP contribution >= 0.6 is 23.2 Å². The van der Waals surface area contributed by atoms with E-state index in [1.807, 2.05) is 0 Å². The molecule has 0 saturated heterocycles. The first kappa shape index (κ1) is 19.4. The zero-order chi connectivity index (χ0) is 20.3. The monoisotopic (exact) mass is 412 g/mol. The summed E-state index contributed by atoms with van der Waals surface area (Å²) >= 11 is 12.0. The molecule has 3 aromatic rings. The Morgan fingerprint density at radius 3 is 2.61 bits per heavy atom. The zero-order valence-corrected chi connectivity index (χ0v) is 15.6. The van der Waals surface area contributed by atoms with Crippen molar-refractivity contribution in [2.75, 3.05) is 0 Å². The molecule has 0 saturated carbocycles. The molecular formula is C20H10Cl2N2O4. The molecule has 6 nitrogen and oxygen atoms in total. The van der Waals surface area contributed by atoms with E-state index in [9.17, 15) is 20.2 Å². The lowest BCUT2D eigenvalue weighted by molar-refractivity contribution is -0.384. The van der Waals surface area contributed by atoms with Crippen LogP contribution in [-0.4, -0.2) is 10.7 Å². The summed E-state index contributed by atoms with van der Waals surface area (Å²) in [6, 6.07) is 15.1. The van der Waals surface area contributed by atoms with Gasteiger partial charge in [0.05, 0.1) is 9.95 Å². The summed E-state index contributed by atoms with van der Waals surface area (Å²) in [5.41, 5.74) is 0.188. The molecule has 28 heavy (non-hydrogen) atoms. The van der Waals surface area contributed by atoms with E-state index in [-0.39, 0.29) is 22.6 Å². The number of nitriles is 1. The molecule has 1 aromatic heterocycles. The van der Waals surface area contributed by atoms with E-state index >= 15 is 0 Å². The Kier molecular flexibility index (Phi) is 5.59. The fraction of sp³-hybridized carbons (Fsp3) is 0. The number of nitro benzene ring substituents is 1. The normalized spacial score (nSPS) is 11.1. The van der Waals surface area contributed by atoms with Gasteiger partial charge in [-0.05, 0) is 30.3 Å². The number of carbonyl (C=O) groups excluding carboxylic acids is 1. The average molecular weight is 413 g/mol. The molecule has 3 rings (SSSR count). The molecule has 1 heterocycles. The van der Waals surface area contributed by atoms with Crippen molar-refractivity contribution in [3.63, 3.8) is 0 Å². The summed E-state index contributed by atoms with van der Waals surface area (Å²) in [6.45, 7) is 0. The van der Waals surface area contributed by atoms with E-state index in [4.69, 9.17) is 27.6 Å². The molecule has 0 fully saturated rings. The number of allylic oxidation sites excluding steroid dienone is 1. The van der Waals surface area contributed by atoms with E-state index in [2.05, 4.69) is 0 Å². The Morgan fingerprint density at radius 1 is 1.14 bits per heavy atom. The summed E-state index contributed by atoms with van der Waals surface area (Å²) < 4.78 is 5.66. The van der Waals surface area contributed by atoms with Gasteiger partial charge in [-0.1, -0.05) is 35.3 Å². The summed E-state index contributed by atoms with van der Waals surface area (Å²) in [6.07, 6.45) is 1.27. The topological polar surface area (TPSA) is 97.1 Å². The van der Waals surface area contributed by atoms with Gasteiger partial charge < -0.3 is 4.42 Å². The fourth-order valence-electron chi connectivity index (χ4n) is 2.47. The van der Waals surface area contributed by atoms with Gasteiger partial charge in [0.25, 0.3) is 5.69 Å². The zero-order valence-electron chi connectivity index (χ0n) is 14.1. The number of hydrogen-bond donors (Lipinski definition) is 0. The maximum absolute atomic E-state index is 12.5. The predicted octanol–water partition coefficient (Wildman–Crippen LogP) is 5.95. The number of benzene rings is 2. The lowest BCUT2D eigenvalue weighted by Crippen LogP contribution is -2.02. The largest absolute Gasteiger partial charge is 0.457 e. The average Bonchev–Trinajstić information content (AvgIpc) is 3.14. The van der Waals surface area contributed by atoms with Gasteiger partial charge >= 0.3 is 0 Å². The quantitative estimate of drug-likeness (QED) is 0.169. The van der Waals surface area contributed by atoms with Gasteiger partial charge in [0.15, 0.2) is 0 Å². The SMILES string of the molecule is N#C/C(=C\c1ccc(-c2ccc(Cl)cc2Cl)o1)C(=O)c1cccc([N+](=O)[O-])c1. The molecule has 138 valence electrons. The van der Waals surface area contributed by atoms with Crippen LogP contribution in [0.5, 0.6) is 0 Å². The number of hydrogen-bond acceptors (Lipinski definition) is 5. The van der Waals surface area contributed by atoms with E-state index < -0.39 is 10.7 Å². The van der Waals surface area contributed by atoms with Crippen molar-refractivity contribution in [1.29, 1.82) is 5.26 Å². The first-order chi connectivity index (χ1) is 13.4. The van der Waals surface area contributed by atoms with Gasteiger partial charge in [-0.3, -0.25) is 14.9 Å². The Hall–Kier alpha value is -3.40. The van der Waals surface area contributed by atoms with Crippen LogP contribution in [0.3, 0.4) is 0 Å². The van der Waals surface area contributed by atoms with Crippen LogP contribution in [0.1, 0.15) is 16.1 Å². The summed E-state index contributed by atoms with van der Waals surface area (Å²) in [7, 11) is 0. The molecule has 0 aliphatic heterocycles. The van der Waals surface area contributed by atoms with Crippen LogP contribution in [0.25, 0.3) is 17.4 Å². The lowest BCUT2D eigenvalue weighted by atomic mass is 10.0. The standard InChI is InChI=1S/C20H10Cl2N2O4/c21-14-4-6-17(18(22)10-14)19-7-5-16(28-19)9-13(11-23)20(25)12-2-1-3-15(8-12)24(26)27/h1-10H/b13-9+. The molecule has 0 unspecified atom stereocenters. The van der Waals surface area contributed by atoms with Crippen LogP contribution in [0.4, 0.5) is 5.69 Å². The van der Waals surface area contributed by atoms with Crippen molar-refractivity contribution in [3.05, 3.63) is 91.7 Å². The Bertz CT molecular complexity index is 1160. The van der Waals surface area contributed by atoms with Crippen LogP contribution in [0, 0.1) is 21.4 Å². The summed E-state index contributed by atoms with van der Waals surface area (Å²) in [4.78, 5) is 22.8. The number of Topliss-reactive ketones (excluding diaryl/α,β-unsaturated/α-hetero) is 1. The van der Waals surface area contributed by atoms with E-state index in [0.29, 0.717) is 21.4 Å². The number of rotatable bonds is 5. The second kappa shape index (κ2) is 8.09. The van der Waals surface area contributed by atoms with Gasteiger partial charge in [-0.25, -0.2) is 0 Å². The molecule has 0 amide bonds. The molecule has 2 aromatic carbocycles. The number of nitro groups is 1. The number of halogens is 2. The Morgan fingerprint density at radius 2 is 1.93 bits per heavy atom. The number of ketones is 1. The fourth-order valence-corrected chi connectivity index (χ4v) is 2.97. The predicted molar refractivity (Wildman–Crippen MR) is 105 cm³/mol. The van der Waals surface area contributed by atoms with Gasteiger partial charge in [-0.2, -0.15) is 5.26 Å². The van der Waals surface area contributed by atoms with Gasteiger partial charge in [-0.15, -0.1) is 0 Å². The van der Waals surface area contributed by atoms with Crippen LogP contribution in [0.15, 0.2) is 64.6 Å². The maximum Gasteiger partial charge on any atom is 0.270 e. The van der Waals surface area contributed by atoms with Crippen molar-refractivity contribution in [2.45, 2.75) is 0 Å². The minimum atomic E-state index is -0.645. The second-order valence-corrected chi connectivity index (χ2v) is 6.48. The molecule has 0 atom stereocenters. The van der Waals surface area contributed by atoms with Crippen molar-refractivity contribution in [3.8, 4) is 17.4 Å². The van der Waals surface area contributed by atoms with Crippen molar-refractivity contribution in [1.82, 2.24) is 0 Å². The Balaban J connectivity index is 1.92. The highest BCUT2D eigenvalue weighted by atomic mass is 35.5. The number of non-ortho nitro benzene ring substituents is 1. The third kappa shape index (κ3) is 4.12. The van der Waals surface area contributed by atoms with Gasteiger partial charge in [0, 0.05) is 34.4 Å². The van der Waals surface area contributed by atoms with Crippen LogP contribution < -0.4 is 0 Å². The smallest absolute Gasteiger partial charge is 0.270 e. The molecule has 0 aliphatic carbocycles. The third-order valence-electron chi connectivity index (χ3n) is 3.79. The van der Waals surface area contributed by atoms with Gasteiger partial charge in [0.1, 0.15) is 23.2 Å². The molecule has 0 bridgehead atoms. The van der Waals surface area contributed by atoms with Crippen molar-refractivity contribution < 1.29 is 14.1 Å². The highest BCUT2D eigenvalue weighted by Gasteiger charge is 2.17. The molecule has 0 N–H and O–H groups in total. The number of furan rings is 1. The van der Waals surface area contributed by atoms with Gasteiger partial charge in [0.2, 0.25) is 5.78 Å². The maximum atomic E-state index is 12.5. The first-order valence-electron chi connectivity index (χ1n) is 7.85. The van der Waals surface area contributed by atoms with Crippen molar-refractivity contribution >= 4 is 40.7 Å². The highest BCUT2D eigenvalue weighted by molar-refractivity contribution is 6.36. The third-order valence-corrected chi connectivity index (χ3v) is 4.34. The van der Waals surface area contributed by atoms with E-state index in [1.165, 1.54) is 24.3 Å². The first-order valence-corrected chi connectivity index (χ1v) is 8.61. The lowest BCUT2D eigenvalue weighted by Gasteiger charge is -2.01. The molecule has 0 spiro atoms. The van der Waals surface area contributed by atoms with Crippen LogP contribution in [-0.2, 0) is 0 Å². The van der Waals surface area contributed by atoms with Crippen molar-refractivity contribution in [2.24, 2.45) is 0 Å². The number of nitrogens with zero attached hydrogens (tertiary/aromatic N) is 2. The number of carbonyl (C=O) groups is 1. The molecule has 8 heteroatoms. The highest BCUT2D eigenvalue weighted by Crippen LogP contribution is 2.32.